The molecule has 2 rings (SSSR count). The maximum absolute atomic E-state index is 5.68. The van der Waals surface area contributed by atoms with Gasteiger partial charge in [-0.05, 0) is 50.7 Å². The van der Waals surface area contributed by atoms with Gasteiger partial charge >= 0.3 is 0 Å². The fourth-order valence-corrected chi connectivity index (χ4v) is 3.52. The predicted octanol–water partition coefficient (Wildman–Crippen LogP) is 2.12. The second-order valence-corrected chi connectivity index (χ2v) is 7.00. The van der Waals surface area contributed by atoms with Crippen LogP contribution in [0.15, 0.2) is 0 Å². The van der Waals surface area contributed by atoms with Crippen molar-refractivity contribution >= 4 is 0 Å². The Kier molecular flexibility index (Phi) is 4.68. The average Bonchev–Trinajstić information content (AvgIpc) is 2.38. The lowest BCUT2D eigenvalue weighted by atomic mass is 9.75. The summed E-state index contributed by atoms with van der Waals surface area (Å²) in [7, 11) is 2.09. The molecule has 1 N–H and O–H groups in total. The van der Waals surface area contributed by atoms with E-state index in [2.05, 4.69) is 38.0 Å². The van der Waals surface area contributed by atoms with E-state index < -0.39 is 0 Å². The number of piperidine rings is 1. The van der Waals surface area contributed by atoms with Gasteiger partial charge in [-0.25, -0.2) is 0 Å². The number of hydrogen-bond donors (Lipinski definition) is 1. The molecule has 0 spiro atoms. The van der Waals surface area contributed by atoms with E-state index in [0.717, 1.165) is 25.6 Å². The number of hydrogen-bond acceptors (Lipinski definition) is 3. The SMILES string of the molecule is CNC1CCOCC1N1CCC(C(C)(C)C)CC1. The molecular weight excluding hydrogens is 224 g/mol. The van der Waals surface area contributed by atoms with Gasteiger partial charge in [0.1, 0.15) is 0 Å². The highest BCUT2D eigenvalue weighted by Crippen LogP contribution is 2.35. The van der Waals surface area contributed by atoms with Crippen LogP contribution in [0.3, 0.4) is 0 Å². The third kappa shape index (κ3) is 3.25. The molecule has 106 valence electrons. The molecule has 3 heteroatoms. The van der Waals surface area contributed by atoms with Crippen molar-refractivity contribution < 1.29 is 4.74 Å². The summed E-state index contributed by atoms with van der Waals surface area (Å²) in [5, 5.41) is 3.47. The summed E-state index contributed by atoms with van der Waals surface area (Å²) in [5.74, 6) is 0.881. The highest BCUT2D eigenvalue weighted by Gasteiger charge is 2.35. The van der Waals surface area contributed by atoms with Crippen molar-refractivity contribution in [2.45, 2.75) is 52.1 Å². The highest BCUT2D eigenvalue weighted by molar-refractivity contribution is 4.90. The maximum Gasteiger partial charge on any atom is 0.0637 e. The third-order valence-corrected chi connectivity index (χ3v) is 4.92. The summed E-state index contributed by atoms with van der Waals surface area (Å²) in [4.78, 5) is 2.66. The summed E-state index contributed by atoms with van der Waals surface area (Å²) in [6.07, 6.45) is 3.84. The van der Waals surface area contributed by atoms with Crippen molar-refractivity contribution in [1.82, 2.24) is 10.2 Å². The van der Waals surface area contributed by atoms with Crippen LogP contribution in [-0.2, 0) is 4.74 Å². The monoisotopic (exact) mass is 254 g/mol. The fraction of sp³-hybridized carbons (Fsp3) is 1.00. The van der Waals surface area contributed by atoms with Crippen LogP contribution in [0.1, 0.15) is 40.0 Å². The van der Waals surface area contributed by atoms with Crippen LogP contribution < -0.4 is 5.32 Å². The lowest BCUT2D eigenvalue weighted by molar-refractivity contribution is -0.0205. The molecule has 2 heterocycles. The molecule has 18 heavy (non-hydrogen) atoms. The van der Waals surface area contributed by atoms with Crippen molar-refractivity contribution in [2.24, 2.45) is 11.3 Å². The van der Waals surface area contributed by atoms with Crippen molar-refractivity contribution in [2.75, 3.05) is 33.4 Å². The number of rotatable bonds is 2. The molecule has 0 radical (unpaired) electrons. The lowest BCUT2D eigenvalue weighted by Crippen LogP contribution is -2.56. The molecule has 2 aliphatic rings. The van der Waals surface area contributed by atoms with E-state index in [1.54, 1.807) is 0 Å². The molecule has 2 saturated heterocycles. The molecule has 0 amide bonds. The van der Waals surface area contributed by atoms with Gasteiger partial charge < -0.3 is 10.1 Å². The molecule has 0 aromatic heterocycles. The number of likely N-dealkylation sites (N-methyl/N-ethyl adjacent to an activating group) is 1. The molecule has 2 aliphatic heterocycles. The maximum atomic E-state index is 5.68. The van der Waals surface area contributed by atoms with Gasteiger partial charge in [0, 0.05) is 18.7 Å². The molecule has 0 saturated carbocycles. The number of ether oxygens (including phenoxy) is 1. The zero-order valence-corrected chi connectivity index (χ0v) is 12.5. The van der Waals surface area contributed by atoms with Gasteiger partial charge in [0.25, 0.3) is 0 Å². The Balaban J connectivity index is 1.88. The number of likely N-dealkylation sites (tertiary alicyclic amines) is 1. The Labute approximate surface area is 112 Å². The summed E-state index contributed by atoms with van der Waals surface area (Å²) in [6.45, 7) is 11.5. The molecule has 0 aromatic rings. The Morgan fingerprint density at radius 3 is 2.33 bits per heavy atom. The third-order valence-electron chi connectivity index (χ3n) is 4.92. The lowest BCUT2D eigenvalue weighted by Gasteiger charge is -2.45. The highest BCUT2D eigenvalue weighted by atomic mass is 16.5. The summed E-state index contributed by atoms with van der Waals surface area (Å²) < 4.78 is 5.68. The van der Waals surface area contributed by atoms with Crippen LogP contribution in [0.5, 0.6) is 0 Å². The molecule has 2 fully saturated rings. The summed E-state index contributed by atoms with van der Waals surface area (Å²) >= 11 is 0. The Bertz CT molecular complexity index is 254. The van der Waals surface area contributed by atoms with Crippen molar-refractivity contribution in [3.63, 3.8) is 0 Å². The molecule has 2 unspecified atom stereocenters. The van der Waals surface area contributed by atoms with Crippen molar-refractivity contribution in [1.29, 1.82) is 0 Å². The first kappa shape index (κ1) is 14.3. The Hall–Kier alpha value is -0.120. The minimum Gasteiger partial charge on any atom is -0.380 e. The fourth-order valence-electron chi connectivity index (χ4n) is 3.52. The van der Waals surface area contributed by atoms with Gasteiger partial charge in [-0.2, -0.15) is 0 Å². The van der Waals surface area contributed by atoms with Crippen LogP contribution in [0.2, 0.25) is 0 Å². The Morgan fingerprint density at radius 1 is 1.11 bits per heavy atom. The summed E-state index contributed by atoms with van der Waals surface area (Å²) in [5.41, 5.74) is 0.470. The topological polar surface area (TPSA) is 24.5 Å². The van der Waals surface area contributed by atoms with Crippen molar-refractivity contribution in [3.8, 4) is 0 Å². The number of nitrogens with one attached hydrogen (secondary N) is 1. The minimum absolute atomic E-state index is 0.470. The molecular formula is C15H30N2O. The molecule has 3 nitrogen and oxygen atoms in total. The minimum atomic E-state index is 0.470. The predicted molar refractivity (Wildman–Crippen MR) is 75.8 cm³/mol. The van der Waals surface area contributed by atoms with Gasteiger partial charge in [0.05, 0.1) is 6.61 Å². The van der Waals surface area contributed by atoms with Gasteiger partial charge in [0.2, 0.25) is 0 Å². The molecule has 0 aromatic carbocycles. The number of nitrogens with zero attached hydrogens (tertiary/aromatic N) is 1. The molecule has 2 atom stereocenters. The van der Waals surface area contributed by atoms with Crippen molar-refractivity contribution in [3.05, 3.63) is 0 Å². The van der Waals surface area contributed by atoms with E-state index in [1.165, 1.54) is 25.9 Å². The van der Waals surface area contributed by atoms with E-state index in [4.69, 9.17) is 4.74 Å². The Morgan fingerprint density at radius 2 is 1.78 bits per heavy atom. The molecule has 0 bridgehead atoms. The first-order valence-electron chi connectivity index (χ1n) is 7.51. The quantitative estimate of drug-likeness (QED) is 0.817. The van der Waals surface area contributed by atoms with Gasteiger partial charge in [-0.3, -0.25) is 4.90 Å². The van der Waals surface area contributed by atoms with E-state index in [-0.39, 0.29) is 0 Å². The normalized spacial score (nSPS) is 32.7. The molecule has 0 aliphatic carbocycles. The second kappa shape index (κ2) is 5.89. The van der Waals surface area contributed by atoms with Crippen LogP contribution in [0.25, 0.3) is 0 Å². The van der Waals surface area contributed by atoms with Crippen LogP contribution in [-0.4, -0.2) is 50.3 Å². The first-order chi connectivity index (χ1) is 8.52. The van der Waals surface area contributed by atoms with Gasteiger partial charge in [0.15, 0.2) is 0 Å². The first-order valence-corrected chi connectivity index (χ1v) is 7.51. The summed E-state index contributed by atoms with van der Waals surface area (Å²) in [6, 6.07) is 1.20. The van der Waals surface area contributed by atoms with E-state index >= 15 is 0 Å². The standard InChI is InChI=1S/C15H30N2O/c1-15(2,3)12-5-8-17(9-6-12)14-11-18-10-7-13(14)16-4/h12-14,16H,5-11H2,1-4H3. The van der Waals surface area contributed by atoms with Crippen LogP contribution >= 0.6 is 0 Å². The average molecular weight is 254 g/mol. The largest absolute Gasteiger partial charge is 0.380 e. The zero-order valence-electron chi connectivity index (χ0n) is 12.5. The van der Waals surface area contributed by atoms with Gasteiger partial charge in [-0.15, -0.1) is 0 Å². The van der Waals surface area contributed by atoms with E-state index in [1.807, 2.05) is 0 Å². The van der Waals surface area contributed by atoms with E-state index in [9.17, 15) is 0 Å². The second-order valence-electron chi connectivity index (χ2n) is 7.00. The zero-order chi connectivity index (χ0) is 13.2. The van der Waals surface area contributed by atoms with Crippen LogP contribution in [0.4, 0.5) is 0 Å². The van der Waals surface area contributed by atoms with Gasteiger partial charge in [-0.1, -0.05) is 20.8 Å². The van der Waals surface area contributed by atoms with E-state index in [0.29, 0.717) is 17.5 Å². The van der Waals surface area contributed by atoms with Crippen LogP contribution in [0, 0.1) is 11.3 Å². The smallest absolute Gasteiger partial charge is 0.0637 e.